The molecule has 0 heterocycles. The van der Waals surface area contributed by atoms with Crippen molar-refractivity contribution in [2.75, 3.05) is 20.3 Å². The summed E-state index contributed by atoms with van der Waals surface area (Å²) < 4.78 is 35.8. The first-order chi connectivity index (χ1) is 9.42. The SMILES string of the molecule is CCNC(C)(CCOc1ccc(F)c(F)c1)C(=O)OC. The third-order valence-corrected chi connectivity index (χ3v) is 2.96. The van der Waals surface area contributed by atoms with E-state index in [9.17, 15) is 13.6 Å². The van der Waals surface area contributed by atoms with Crippen LogP contribution in [0, 0.1) is 11.6 Å². The molecule has 0 aliphatic heterocycles. The molecule has 0 aliphatic carbocycles. The number of benzene rings is 1. The Morgan fingerprint density at radius 3 is 2.60 bits per heavy atom. The second-order valence-electron chi connectivity index (χ2n) is 4.53. The lowest BCUT2D eigenvalue weighted by Crippen LogP contribution is -2.51. The van der Waals surface area contributed by atoms with Crippen molar-refractivity contribution in [3.8, 4) is 5.75 Å². The minimum absolute atomic E-state index is 0.170. The highest BCUT2D eigenvalue weighted by molar-refractivity contribution is 5.80. The van der Waals surface area contributed by atoms with Crippen LogP contribution < -0.4 is 10.1 Å². The average Bonchev–Trinajstić information content (AvgIpc) is 2.42. The van der Waals surface area contributed by atoms with Gasteiger partial charge in [-0.15, -0.1) is 0 Å². The maximum absolute atomic E-state index is 13.0. The standard InChI is InChI=1S/C14H19F2NO3/c1-4-17-14(2,13(18)19-3)7-8-20-10-5-6-11(15)12(16)9-10/h5-6,9,17H,4,7-8H2,1-3H3. The average molecular weight is 287 g/mol. The van der Waals surface area contributed by atoms with E-state index in [2.05, 4.69) is 5.32 Å². The van der Waals surface area contributed by atoms with E-state index in [4.69, 9.17) is 9.47 Å². The van der Waals surface area contributed by atoms with Crippen LogP contribution in [0.2, 0.25) is 0 Å². The van der Waals surface area contributed by atoms with Crippen LogP contribution in [0.3, 0.4) is 0 Å². The molecule has 0 aliphatic rings. The molecule has 0 fully saturated rings. The zero-order valence-electron chi connectivity index (χ0n) is 11.8. The minimum atomic E-state index is -0.968. The second kappa shape index (κ2) is 7.19. The van der Waals surface area contributed by atoms with Crippen LogP contribution in [-0.4, -0.2) is 31.8 Å². The van der Waals surface area contributed by atoms with E-state index < -0.39 is 23.1 Å². The molecule has 20 heavy (non-hydrogen) atoms. The Balaban J connectivity index is 2.60. The number of ether oxygens (including phenoxy) is 2. The third-order valence-electron chi connectivity index (χ3n) is 2.96. The lowest BCUT2D eigenvalue weighted by Gasteiger charge is -2.27. The van der Waals surface area contributed by atoms with Crippen LogP contribution in [-0.2, 0) is 9.53 Å². The lowest BCUT2D eigenvalue weighted by molar-refractivity contribution is -0.148. The number of likely N-dealkylation sites (N-methyl/N-ethyl adjacent to an activating group) is 1. The number of rotatable bonds is 7. The fourth-order valence-electron chi connectivity index (χ4n) is 1.82. The number of carbonyl (C=O) groups is 1. The largest absolute Gasteiger partial charge is 0.493 e. The van der Waals surface area contributed by atoms with Gasteiger partial charge in [-0.3, -0.25) is 4.79 Å². The van der Waals surface area contributed by atoms with Gasteiger partial charge in [0.1, 0.15) is 11.3 Å². The van der Waals surface area contributed by atoms with Crippen LogP contribution >= 0.6 is 0 Å². The normalized spacial score (nSPS) is 13.7. The van der Waals surface area contributed by atoms with Gasteiger partial charge in [0, 0.05) is 12.5 Å². The summed E-state index contributed by atoms with van der Waals surface area (Å²) in [4.78, 5) is 11.7. The van der Waals surface area contributed by atoms with Gasteiger partial charge in [-0.1, -0.05) is 6.92 Å². The Labute approximate surface area is 117 Å². The van der Waals surface area contributed by atoms with Gasteiger partial charge in [-0.05, 0) is 25.6 Å². The molecular weight excluding hydrogens is 268 g/mol. The molecule has 1 N–H and O–H groups in total. The molecule has 1 rings (SSSR count). The first kappa shape index (κ1) is 16.4. The summed E-state index contributed by atoms with van der Waals surface area (Å²) in [5.74, 6) is -2.07. The van der Waals surface area contributed by atoms with Gasteiger partial charge >= 0.3 is 5.97 Å². The summed E-state index contributed by atoms with van der Waals surface area (Å²) in [5, 5.41) is 3.03. The predicted molar refractivity (Wildman–Crippen MR) is 70.6 cm³/mol. The highest BCUT2D eigenvalue weighted by Gasteiger charge is 2.33. The third kappa shape index (κ3) is 4.16. The number of methoxy groups -OCH3 is 1. The minimum Gasteiger partial charge on any atom is -0.493 e. The molecular formula is C14H19F2NO3. The Morgan fingerprint density at radius 2 is 2.05 bits per heavy atom. The molecule has 1 aromatic rings. The predicted octanol–water partition coefficient (Wildman–Crippen LogP) is 2.27. The van der Waals surface area contributed by atoms with Crippen molar-refractivity contribution in [3.63, 3.8) is 0 Å². The van der Waals surface area contributed by atoms with Crippen LogP contribution in [0.25, 0.3) is 0 Å². The van der Waals surface area contributed by atoms with Gasteiger partial charge < -0.3 is 14.8 Å². The van der Waals surface area contributed by atoms with Gasteiger partial charge in [0.05, 0.1) is 13.7 Å². The molecule has 4 nitrogen and oxygen atoms in total. The number of halogens is 2. The van der Waals surface area contributed by atoms with Gasteiger partial charge in [0.15, 0.2) is 11.6 Å². The van der Waals surface area contributed by atoms with Crippen molar-refractivity contribution in [3.05, 3.63) is 29.8 Å². The topological polar surface area (TPSA) is 47.6 Å². The molecule has 0 amide bonds. The van der Waals surface area contributed by atoms with Crippen molar-refractivity contribution in [1.29, 1.82) is 0 Å². The quantitative estimate of drug-likeness (QED) is 0.782. The molecule has 0 saturated carbocycles. The van der Waals surface area contributed by atoms with Gasteiger partial charge in [0.2, 0.25) is 0 Å². The second-order valence-corrected chi connectivity index (χ2v) is 4.53. The van der Waals surface area contributed by atoms with Crippen molar-refractivity contribution in [1.82, 2.24) is 5.32 Å². The fraction of sp³-hybridized carbons (Fsp3) is 0.500. The number of carbonyl (C=O) groups excluding carboxylic acids is 1. The summed E-state index contributed by atoms with van der Waals surface area (Å²) in [7, 11) is 1.31. The van der Waals surface area contributed by atoms with Crippen molar-refractivity contribution in [2.24, 2.45) is 0 Å². The highest BCUT2D eigenvalue weighted by atomic mass is 19.2. The first-order valence-electron chi connectivity index (χ1n) is 6.34. The molecule has 0 aromatic heterocycles. The Bertz CT molecular complexity index is 468. The number of nitrogens with one attached hydrogen (secondary N) is 1. The molecule has 0 saturated heterocycles. The van der Waals surface area contributed by atoms with E-state index in [0.717, 1.165) is 12.1 Å². The number of hydrogen-bond donors (Lipinski definition) is 1. The van der Waals surface area contributed by atoms with E-state index >= 15 is 0 Å². The zero-order chi connectivity index (χ0) is 15.2. The van der Waals surface area contributed by atoms with Crippen molar-refractivity contribution < 1.29 is 23.0 Å². The Hall–Kier alpha value is -1.69. The van der Waals surface area contributed by atoms with E-state index in [1.807, 2.05) is 6.92 Å². The lowest BCUT2D eigenvalue weighted by atomic mass is 9.98. The summed E-state index contributed by atoms with van der Waals surface area (Å²) in [5.41, 5.74) is -0.873. The Morgan fingerprint density at radius 1 is 1.35 bits per heavy atom. The van der Waals surface area contributed by atoms with E-state index in [1.54, 1.807) is 6.92 Å². The van der Waals surface area contributed by atoms with Crippen LogP contribution in [0.5, 0.6) is 5.75 Å². The van der Waals surface area contributed by atoms with Gasteiger partial charge in [-0.2, -0.15) is 0 Å². The van der Waals surface area contributed by atoms with Crippen LogP contribution in [0.1, 0.15) is 20.3 Å². The van der Waals surface area contributed by atoms with Crippen molar-refractivity contribution in [2.45, 2.75) is 25.8 Å². The molecule has 112 valence electrons. The summed E-state index contributed by atoms with van der Waals surface area (Å²) in [6.45, 7) is 4.34. The summed E-state index contributed by atoms with van der Waals surface area (Å²) >= 11 is 0. The molecule has 1 atom stereocenters. The van der Waals surface area contributed by atoms with E-state index in [1.165, 1.54) is 13.2 Å². The summed E-state index contributed by atoms with van der Waals surface area (Å²) in [6, 6.07) is 3.30. The molecule has 0 spiro atoms. The highest BCUT2D eigenvalue weighted by Crippen LogP contribution is 2.17. The molecule has 1 aromatic carbocycles. The maximum atomic E-state index is 13.0. The number of hydrogen-bond acceptors (Lipinski definition) is 4. The van der Waals surface area contributed by atoms with Gasteiger partial charge in [-0.25, -0.2) is 8.78 Å². The van der Waals surface area contributed by atoms with Crippen LogP contribution in [0.4, 0.5) is 8.78 Å². The van der Waals surface area contributed by atoms with Crippen LogP contribution in [0.15, 0.2) is 18.2 Å². The monoisotopic (exact) mass is 287 g/mol. The number of esters is 1. The molecule has 0 bridgehead atoms. The smallest absolute Gasteiger partial charge is 0.325 e. The van der Waals surface area contributed by atoms with Crippen molar-refractivity contribution >= 4 is 5.97 Å². The Kier molecular flexibility index (Phi) is 5.88. The summed E-state index contributed by atoms with van der Waals surface area (Å²) in [6.07, 6.45) is 0.340. The maximum Gasteiger partial charge on any atom is 0.325 e. The molecule has 0 radical (unpaired) electrons. The van der Waals surface area contributed by atoms with E-state index in [0.29, 0.717) is 13.0 Å². The fourth-order valence-corrected chi connectivity index (χ4v) is 1.82. The first-order valence-corrected chi connectivity index (χ1v) is 6.34. The molecule has 6 heteroatoms. The zero-order valence-corrected chi connectivity index (χ0v) is 11.8. The van der Waals surface area contributed by atoms with E-state index in [-0.39, 0.29) is 12.4 Å². The van der Waals surface area contributed by atoms with Gasteiger partial charge in [0.25, 0.3) is 0 Å². The molecule has 1 unspecified atom stereocenters.